The van der Waals surface area contributed by atoms with E-state index < -0.39 is 29.0 Å². The fraction of sp³-hybridized carbons (Fsp3) is 0.462. The molecule has 4 heterocycles. The number of hydrogen-bond acceptors (Lipinski definition) is 6. The van der Waals surface area contributed by atoms with Gasteiger partial charge in [0.15, 0.2) is 0 Å². The standard InChI is InChI=1S/C39H44F3N7O4/c1-3-37(12-15-47(16-13-37)36(53)49-22-29(23-49)39(40,41)42)35(52)48(21-27-8-5-4-7-26(27)20-43-2)24-32(50)45-30-11-10-25-18-38(19-28(25)17-30)31-9-6-14-44-33(31)46-34(38)51/h4-11,14,17,29,43H,3,12-13,15-16,18-24H2,1-2H3,(H,45,50)(H,44,46,51)/t38-/m1/s1. The summed E-state index contributed by atoms with van der Waals surface area (Å²) in [6, 6.07) is 16.7. The van der Waals surface area contributed by atoms with Crippen molar-refractivity contribution >= 4 is 35.3 Å². The number of carbonyl (C=O) groups excluding carboxylic acids is 4. The number of aromatic nitrogens is 1. The van der Waals surface area contributed by atoms with E-state index >= 15 is 0 Å². The molecule has 0 bridgehead atoms. The Balaban J connectivity index is 1.06. The summed E-state index contributed by atoms with van der Waals surface area (Å²) in [5.41, 5.74) is 3.71. The number of rotatable bonds is 9. The van der Waals surface area contributed by atoms with E-state index in [1.807, 2.05) is 68.6 Å². The second kappa shape index (κ2) is 14.1. The maximum atomic E-state index is 14.6. The molecule has 2 saturated heterocycles. The number of anilines is 2. The SMILES string of the molecule is CCC1(C(=O)N(CC(=O)Nc2ccc3c(c2)C[C@@]2(C3)C(=O)Nc3ncccc32)Cc2ccccc2CNC)CCN(C(=O)N2CC(C(F)(F)F)C2)CC1. The predicted octanol–water partition coefficient (Wildman–Crippen LogP) is 4.86. The molecule has 0 unspecified atom stereocenters. The number of benzene rings is 2. The zero-order valence-corrected chi connectivity index (χ0v) is 29.9. The van der Waals surface area contributed by atoms with Gasteiger partial charge >= 0.3 is 12.2 Å². The monoisotopic (exact) mass is 731 g/mol. The lowest BCUT2D eigenvalue weighted by Gasteiger charge is -2.46. The molecule has 3 aromatic rings. The molecule has 1 aliphatic carbocycles. The topological polar surface area (TPSA) is 127 Å². The number of amides is 5. The van der Waals surface area contributed by atoms with Crippen molar-refractivity contribution in [2.45, 2.75) is 63.7 Å². The van der Waals surface area contributed by atoms with E-state index in [1.54, 1.807) is 11.1 Å². The van der Waals surface area contributed by atoms with Gasteiger partial charge in [-0.05, 0) is 79.6 Å². The number of piperidine rings is 1. The summed E-state index contributed by atoms with van der Waals surface area (Å²) in [7, 11) is 1.84. The van der Waals surface area contributed by atoms with E-state index in [0.29, 0.717) is 50.2 Å². The van der Waals surface area contributed by atoms with Crippen molar-refractivity contribution in [3.05, 3.63) is 88.6 Å². The first-order valence-corrected chi connectivity index (χ1v) is 18.2. The molecule has 280 valence electrons. The van der Waals surface area contributed by atoms with Gasteiger partial charge in [0.1, 0.15) is 12.4 Å². The molecule has 1 spiro atoms. The van der Waals surface area contributed by atoms with Crippen LogP contribution in [-0.2, 0) is 45.7 Å². The van der Waals surface area contributed by atoms with Crippen molar-refractivity contribution in [1.82, 2.24) is 25.0 Å². The normalized spacial score (nSPS) is 20.4. The fourth-order valence-corrected chi connectivity index (χ4v) is 8.42. The van der Waals surface area contributed by atoms with Gasteiger partial charge in [0.25, 0.3) is 0 Å². The lowest BCUT2D eigenvalue weighted by atomic mass is 9.74. The highest BCUT2D eigenvalue weighted by Crippen LogP contribution is 2.47. The van der Waals surface area contributed by atoms with Gasteiger partial charge in [-0.3, -0.25) is 14.4 Å². The van der Waals surface area contributed by atoms with E-state index in [-0.39, 0.29) is 57.0 Å². The van der Waals surface area contributed by atoms with E-state index in [2.05, 4.69) is 20.9 Å². The van der Waals surface area contributed by atoms with Crippen LogP contribution < -0.4 is 16.0 Å². The Bertz CT molecular complexity index is 1920. The Morgan fingerprint density at radius 1 is 0.981 bits per heavy atom. The van der Waals surface area contributed by atoms with Gasteiger partial charge in [-0.1, -0.05) is 43.3 Å². The van der Waals surface area contributed by atoms with E-state index in [0.717, 1.165) is 27.8 Å². The van der Waals surface area contributed by atoms with E-state index in [9.17, 15) is 32.3 Å². The summed E-state index contributed by atoms with van der Waals surface area (Å²) in [5.74, 6) is -1.58. The Kier molecular flexibility index (Phi) is 9.68. The quantitative estimate of drug-likeness (QED) is 0.289. The Morgan fingerprint density at radius 2 is 1.70 bits per heavy atom. The number of nitrogens with zero attached hydrogens (tertiary/aromatic N) is 4. The molecule has 7 rings (SSSR count). The smallest absolute Gasteiger partial charge is 0.329 e. The third-order valence-electron chi connectivity index (χ3n) is 11.7. The molecule has 1 aromatic heterocycles. The van der Waals surface area contributed by atoms with Crippen LogP contribution in [0.2, 0.25) is 0 Å². The molecule has 14 heteroatoms. The van der Waals surface area contributed by atoms with Crippen LogP contribution in [-0.4, -0.2) is 89.4 Å². The minimum atomic E-state index is -4.33. The number of alkyl halides is 3. The first-order valence-electron chi connectivity index (χ1n) is 18.2. The highest BCUT2D eigenvalue weighted by atomic mass is 19.4. The van der Waals surface area contributed by atoms with Gasteiger partial charge in [-0.2, -0.15) is 13.2 Å². The predicted molar refractivity (Wildman–Crippen MR) is 192 cm³/mol. The molecule has 0 radical (unpaired) electrons. The van der Waals surface area contributed by atoms with Crippen molar-refractivity contribution in [2.75, 3.05) is 50.4 Å². The van der Waals surface area contributed by atoms with Crippen molar-refractivity contribution in [3.8, 4) is 0 Å². The number of likely N-dealkylation sites (tertiary alicyclic amines) is 2. The van der Waals surface area contributed by atoms with Gasteiger partial charge in [-0.25, -0.2) is 9.78 Å². The van der Waals surface area contributed by atoms with Crippen LogP contribution in [0.15, 0.2) is 60.8 Å². The molecule has 5 amide bonds. The Morgan fingerprint density at radius 3 is 2.40 bits per heavy atom. The molecule has 1 atom stereocenters. The van der Waals surface area contributed by atoms with Crippen LogP contribution >= 0.6 is 0 Å². The summed E-state index contributed by atoms with van der Waals surface area (Å²) in [4.78, 5) is 63.3. The first kappa shape index (κ1) is 36.4. The zero-order valence-electron chi connectivity index (χ0n) is 29.9. The summed E-state index contributed by atoms with van der Waals surface area (Å²) in [5, 5.41) is 9.06. The molecule has 0 saturated carbocycles. The second-order valence-corrected chi connectivity index (χ2v) is 14.8. The molecule has 3 N–H and O–H groups in total. The lowest BCUT2D eigenvalue weighted by molar-refractivity contribution is -0.203. The Labute approximate surface area is 306 Å². The Hall–Kier alpha value is -4.98. The van der Waals surface area contributed by atoms with E-state index in [1.165, 1.54) is 9.80 Å². The average Bonchev–Trinajstić information content (AvgIpc) is 3.63. The molecule has 53 heavy (non-hydrogen) atoms. The lowest BCUT2D eigenvalue weighted by Crippen LogP contribution is -2.60. The number of fused-ring (bicyclic) bond motifs is 3. The van der Waals surface area contributed by atoms with E-state index in [4.69, 9.17) is 0 Å². The number of pyridine rings is 1. The van der Waals surface area contributed by atoms with Crippen molar-refractivity contribution in [2.24, 2.45) is 11.3 Å². The maximum absolute atomic E-state index is 14.6. The number of nitrogens with one attached hydrogen (secondary N) is 3. The van der Waals surface area contributed by atoms with Crippen LogP contribution in [0.4, 0.5) is 29.5 Å². The van der Waals surface area contributed by atoms with Crippen LogP contribution in [0.3, 0.4) is 0 Å². The molecule has 2 fully saturated rings. The third kappa shape index (κ3) is 6.84. The summed E-state index contributed by atoms with van der Waals surface area (Å²) in [6.07, 6.45) is -0.527. The van der Waals surface area contributed by atoms with Crippen molar-refractivity contribution in [1.29, 1.82) is 0 Å². The van der Waals surface area contributed by atoms with Crippen LogP contribution in [0, 0.1) is 11.3 Å². The highest BCUT2D eigenvalue weighted by Gasteiger charge is 2.52. The summed E-state index contributed by atoms with van der Waals surface area (Å²) in [6.45, 7) is 2.23. The molecule has 2 aromatic carbocycles. The summed E-state index contributed by atoms with van der Waals surface area (Å²) >= 11 is 0. The van der Waals surface area contributed by atoms with Gasteiger partial charge in [0.05, 0.1) is 16.7 Å². The van der Waals surface area contributed by atoms with Crippen LogP contribution in [0.5, 0.6) is 0 Å². The van der Waals surface area contributed by atoms with Crippen molar-refractivity contribution < 1.29 is 32.3 Å². The number of hydrogen-bond donors (Lipinski definition) is 3. The average molecular weight is 732 g/mol. The third-order valence-corrected chi connectivity index (χ3v) is 11.7. The maximum Gasteiger partial charge on any atom is 0.395 e. The molecular weight excluding hydrogens is 687 g/mol. The fourth-order valence-electron chi connectivity index (χ4n) is 8.42. The van der Waals surface area contributed by atoms with Crippen molar-refractivity contribution in [3.63, 3.8) is 0 Å². The van der Waals surface area contributed by atoms with Crippen LogP contribution in [0.25, 0.3) is 0 Å². The van der Waals surface area contributed by atoms with Gasteiger partial charge in [0, 0.05) is 56.7 Å². The molecular formula is C39H44F3N7O4. The van der Waals surface area contributed by atoms with Gasteiger partial charge in [0.2, 0.25) is 17.7 Å². The molecule has 4 aliphatic rings. The summed E-state index contributed by atoms with van der Waals surface area (Å²) < 4.78 is 39.2. The second-order valence-electron chi connectivity index (χ2n) is 14.8. The minimum absolute atomic E-state index is 0.0867. The highest BCUT2D eigenvalue weighted by molar-refractivity contribution is 6.06. The van der Waals surface area contributed by atoms with Gasteiger partial charge < -0.3 is 30.7 Å². The molecule has 3 aliphatic heterocycles. The molecule has 11 nitrogen and oxygen atoms in total. The number of urea groups is 1. The van der Waals surface area contributed by atoms with Crippen LogP contribution in [0.1, 0.15) is 54.0 Å². The number of carbonyl (C=O) groups is 4. The minimum Gasteiger partial charge on any atom is -0.329 e. The zero-order chi connectivity index (χ0) is 37.5. The first-order chi connectivity index (χ1) is 25.4. The largest absolute Gasteiger partial charge is 0.395 e. The number of halogens is 3. The van der Waals surface area contributed by atoms with Gasteiger partial charge in [-0.15, -0.1) is 0 Å².